The molecule has 1 aromatic rings. The first-order valence-corrected chi connectivity index (χ1v) is 8.36. The largest absolute Gasteiger partial charge is 0.381 e. The lowest BCUT2D eigenvalue weighted by Gasteiger charge is -2.33. The summed E-state index contributed by atoms with van der Waals surface area (Å²) in [6.07, 6.45) is 1.57. The molecule has 0 aromatic carbocycles. The molecule has 1 N–H and O–H groups in total. The maximum absolute atomic E-state index is 5.97. The first-order chi connectivity index (χ1) is 9.84. The van der Waals surface area contributed by atoms with Crippen LogP contribution in [0.15, 0.2) is 4.52 Å². The number of ether oxygens (including phenoxy) is 2. The van der Waals surface area contributed by atoms with Gasteiger partial charge in [0, 0.05) is 50.7 Å². The zero-order chi connectivity index (χ0) is 13.8. The third-order valence-corrected chi connectivity index (χ3v) is 4.85. The van der Waals surface area contributed by atoms with Crippen molar-refractivity contribution in [2.75, 3.05) is 37.9 Å². The molecule has 3 heterocycles. The number of hydrogen-bond donors (Lipinski definition) is 1. The molecule has 1 aromatic heterocycles. The minimum atomic E-state index is -0.434. The van der Waals surface area contributed by atoms with E-state index in [2.05, 4.69) is 15.5 Å². The molecule has 0 bridgehead atoms. The Morgan fingerprint density at radius 1 is 1.45 bits per heavy atom. The SMILES string of the molecule is CCOC1(c2noc(C3CSCCN3)n2)CCOCC1. The maximum atomic E-state index is 5.97. The Morgan fingerprint density at radius 2 is 2.30 bits per heavy atom. The number of aromatic nitrogens is 2. The molecule has 1 atom stereocenters. The molecule has 2 saturated heterocycles. The standard InChI is InChI=1S/C13H21N3O3S/c1-2-18-13(3-6-17-7-4-13)12-15-11(19-16-12)10-9-20-8-5-14-10/h10,14H,2-9H2,1H3. The molecule has 0 saturated carbocycles. The Kier molecular flexibility index (Phi) is 4.60. The molecule has 20 heavy (non-hydrogen) atoms. The predicted molar refractivity (Wildman–Crippen MR) is 75.7 cm³/mol. The smallest absolute Gasteiger partial charge is 0.244 e. The van der Waals surface area contributed by atoms with Gasteiger partial charge in [-0.2, -0.15) is 16.7 Å². The van der Waals surface area contributed by atoms with Crippen LogP contribution in [0.2, 0.25) is 0 Å². The quantitative estimate of drug-likeness (QED) is 0.903. The Balaban J connectivity index is 1.79. The molecule has 0 amide bonds. The Morgan fingerprint density at radius 3 is 3.00 bits per heavy atom. The summed E-state index contributed by atoms with van der Waals surface area (Å²) in [4.78, 5) is 4.61. The lowest BCUT2D eigenvalue weighted by Crippen LogP contribution is -2.38. The summed E-state index contributed by atoms with van der Waals surface area (Å²) in [6, 6.07) is 0.161. The average molecular weight is 299 g/mol. The van der Waals surface area contributed by atoms with E-state index in [-0.39, 0.29) is 6.04 Å². The van der Waals surface area contributed by atoms with Gasteiger partial charge < -0.3 is 19.3 Å². The van der Waals surface area contributed by atoms with Gasteiger partial charge in [-0.1, -0.05) is 5.16 Å². The number of rotatable bonds is 4. The molecule has 2 aliphatic rings. The summed E-state index contributed by atoms with van der Waals surface area (Å²) in [7, 11) is 0. The van der Waals surface area contributed by atoms with E-state index in [1.165, 1.54) is 0 Å². The van der Waals surface area contributed by atoms with E-state index in [1.54, 1.807) is 0 Å². The Hall–Kier alpha value is -0.630. The van der Waals surface area contributed by atoms with Gasteiger partial charge in [-0.3, -0.25) is 0 Å². The van der Waals surface area contributed by atoms with Gasteiger partial charge in [0.1, 0.15) is 5.60 Å². The van der Waals surface area contributed by atoms with Crippen molar-refractivity contribution in [3.8, 4) is 0 Å². The molecule has 6 nitrogen and oxygen atoms in total. The van der Waals surface area contributed by atoms with Gasteiger partial charge in [-0.05, 0) is 6.92 Å². The third-order valence-electron chi connectivity index (χ3n) is 3.79. The Labute approximate surface area is 123 Å². The van der Waals surface area contributed by atoms with Crippen LogP contribution < -0.4 is 5.32 Å². The van der Waals surface area contributed by atoms with Crippen molar-refractivity contribution in [3.05, 3.63) is 11.7 Å². The fourth-order valence-corrected chi connectivity index (χ4v) is 3.62. The van der Waals surface area contributed by atoms with Gasteiger partial charge in [0.15, 0.2) is 0 Å². The highest BCUT2D eigenvalue weighted by Gasteiger charge is 2.40. The maximum Gasteiger partial charge on any atom is 0.244 e. The number of nitrogens with zero attached hydrogens (tertiary/aromatic N) is 2. The summed E-state index contributed by atoms with van der Waals surface area (Å²) < 4.78 is 16.9. The molecule has 3 rings (SSSR count). The van der Waals surface area contributed by atoms with Crippen LogP contribution in [0.25, 0.3) is 0 Å². The lowest BCUT2D eigenvalue weighted by molar-refractivity contribution is -0.118. The second-order valence-corrected chi connectivity index (χ2v) is 6.23. The van der Waals surface area contributed by atoms with Crippen molar-refractivity contribution in [1.29, 1.82) is 0 Å². The van der Waals surface area contributed by atoms with Crippen LogP contribution in [0, 0.1) is 0 Å². The van der Waals surface area contributed by atoms with Gasteiger partial charge >= 0.3 is 0 Å². The number of thioether (sulfide) groups is 1. The molecule has 1 unspecified atom stereocenters. The highest BCUT2D eigenvalue weighted by molar-refractivity contribution is 7.99. The van der Waals surface area contributed by atoms with Crippen LogP contribution in [0.1, 0.15) is 37.5 Å². The van der Waals surface area contributed by atoms with Crippen molar-refractivity contribution < 1.29 is 14.0 Å². The highest BCUT2D eigenvalue weighted by atomic mass is 32.2. The first-order valence-electron chi connectivity index (χ1n) is 7.21. The van der Waals surface area contributed by atoms with Crippen molar-refractivity contribution in [2.45, 2.75) is 31.4 Å². The van der Waals surface area contributed by atoms with Crippen LogP contribution in [0.5, 0.6) is 0 Å². The lowest BCUT2D eigenvalue weighted by atomic mass is 9.93. The average Bonchev–Trinajstić information content (AvgIpc) is 3.00. The van der Waals surface area contributed by atoms with E-state index in [0.29, 0.717) is 31.5 Å². The minimum Gasteiger partial charge on any atom is -0.381 e. The summed E-state index contributed by atoms with van der Waals surface area (Å²) in [5, 5.41) is 7.60. The summed E-state index contributed by atoms with van der Waals surface area (Å²) >= 11 is 1.91. The van der Waals surface area contributed by atoms with Crippen molar-refractivity contribution >= 4 is 11.8 Å². The van der Waals surface area contributed by atoms with Gasteiger partial charge in [-0.15, -0.1) is 0 Å². The van der Waals surface area contributed by atoms with E-state index in [9.17, 15) is 0 Å². The van der Waals surface area contributed by atoms with E-state index in [4.69, 9.17) is 14.0 Å². The van der Waals surface area contributed by atoms with Crippen LogP contribution >= 0.6 is 11.8 Å². The van der Waals surface area contributed by atoms with E-state index in [1.807, 2.05) is 18.7 Å². The molecule has 7 heteroatoms. The molecule has 0 aliphatic carbocycles. The highest BCUT2D eigenvalue weighted by Crippen LogP contribution is 2.35. The van der Waals surface area contributed by atoms with Crippen molar-refractivity contribution in [2.24, 2.45) is 0 Å². The topological polar surface area (TPSA) is 69.4 Å². The molecule has 2 fully saturated rings. The van der Waals surface area contributed by atoms with Gasteiger partial charge in [0.2, 0.25) is 11.7 Å². The Bertz CT molecular complexity index is 423. The van der Waals surface area contributed by atoms with Crippen LogP contribution in [0.3, 0.4) is 0 Å². The molecule has 0 spiro atoms. The first kappa shape index (κ1) is 14.3. The molecular weight excluding hydrogens is 278 g/mol. The second-order valence-electron chi connectivity index (χ2n) is 5.08. The van der Waals surface area contributed by atoms with Gasteiger partial charge in [-0.25, -0.2) is 0 Å². The zero-order valence-electron chi connectivity index (χ0n) is 11.8. The third kappa shape index (κ3) is 2.86. The van der Waals surface area contributed by atoms with Crippen molar-refractivity contribution in [3.63, 3.8) is 0 Å². The summed E-state index contributed by atoms with van der Waals surface area (Å²) in [5.41, 5.74) is -0.434. The molecular formula is C13H21N3O3S. The second kappa shape index (κ2) is 6.43. The monoisotopic (exact) mass is 299 g/mol. The van der Waals surface area contributed by atoms with E-state index in [0.717, 1.165) is 30.9 Å². The van der Waals surface area contributed by atoms with Gasteiger partial charge in [0.25, 0.3) is 0 Å². The number of hydrogen-bond acceptors (Lipinski definition) is 7. The number of nitrogens with one attached hydrogen (secondary N) is 1. The zero-order valence-corrected chi connectivity index (χ0v) is 12.6. The molecule has 0 radical (unpaired) electrons. The predicted octanol–water partition coefficient (Wildman–Crippen LogP) is 1.49. The fourth-order valence-electron chi connectivity index (χ4n) is 2.70. The van der Waals surface area contributed by atoms with E-state index < -0.39 is 5.60 Å². The van der Waals surface area contributed by atoms with E-state index >= 15 is 0 Å². The van der Waals surface area contributed by atoms with Crippen LogP contribution in [-0.4, -0.2) is 48.0 Å². The van der Waals surface area contributed by atoms with Crippen molar-refractivity contribution in [1.82, 2.24) is 15.5 Å². The summed E-state index contributed by atoms with van der Waals surface area (Å²) in [5.74, 6) is 3.47. The van der Waals surface area contributed by atoms with Crippen LogP contribution in [0.4, 0.5) is 0 Å². The van der Waals surface area contributed by atoms with Crippen LogP contribution in [-0.2, 0) is 15.1 Å². The molecule has 112 valence electrons. The van der Waals surface area contributed by atoms with Gasteiger partial charge in [0.05, 0.1) is 6.04 Å². The molecule has 2 aliphatic heterocycles. The fraction of sp³-hybridized carbons (Fsp3) is 0.846. The summed E-state index contributed by atoms with van der Waals surface area (Å²) in [6.45, 7) is 4.99. The minimum absolute atomic E-state index is 0.161. The normalized spacial score (nSPS) is 26.6.